The molecule has 1 atom stereocenters. The minimum absolute atomic E-state index is 0.00654. The van der Waals surface area contributed by atoms with Gasteiger partial charge in [-0.3, -0.25) is 14.3 Å². The van der Waals surface area contributed by atoms with E-state index in [-0.39, 0.29) is 33.9 Å². The number of carbonyl (C=O) groups is 2. The number of hydrogen-bond donors (Lipinski definition) is 2. The number of benzene rings is 2. The summed E-state index contributed by atoms with van der Waals surface area (Å²) in [7, 11) is -3.91. The van der Waals surface area contributed by atoms with Gasteiger partial charge in [-0.05, 0) is 44.0 Å². The maximum absolute atomic E-state index is 12.7. The smallest absolute Gasteiger partial charge is 0.261 e. The van der Waals surface area contributed by atoms with Crippen LogP contribution in [-0.2, 0) is 14.8 Å². The molecule has 3 rings (SSSR count). The van der Waals surface area contributed by atoms with E-state index in [0.717, 1.165) is 12.8 Å². The van der Waals surface area contributed by atoms with Crippen molar-refractivity contribution >= 4 is 27.4 Å². The van der Waals surface area contributed by atoms with Crippen molar-refractivity contribution in [3.63, 3.8) is 0 Å². The lowest BCUT2D eigenvalue weighted by Gasteiger charge is -2.14. The van der Waals surface area contributed by atoms with Crippen LogP contribution in [0.4, 0.5) is 5.69 Å². The number of Topliss-reactive ketones (excluding diaryl/α,β-unsaturated/α-hetero) is 1. The molecule has 0 aromatic heterocycles. The van der Waals surface area contributed by atoms with E-state index in [4.69, 9.17) is 4.74 Å². The van der Waals surface area contributed by atoms with Crippen LogP contribution in [0.15, 0.2) is 53.4 Å². The van der Waals surface area contributed by atoms with Crippen LogP contribution in [0.2, 0.25) is 0 Å². The van der Waals surface area contributed by atoms with E-state index >= 15 is 0 Å². The Bertz CT molecular complexity index is 964. The molecule has 0 unspecified atom stereocenters. The molecule has 1 aliphatic rings. The van der Waals surface area contributed by atoms with Gasteiger partial charge in [0.1, 0.15) is 0 Å². The van der Waals surface area contributed by atoms with E-state index in [0.29, 0.717) is 18.7 Å². The van der Waals surface area contributed by atoms with Crippen LogP contribution >= 0.6 is 0 Å². The molecule has 148 valence electrons. The average molecular weight is 402 g/mol. The first-order valence-electron chi connectivity index (χ1n) is 8.99. The van der Waals surface area contributed by atoms with Crippen molar-refractivity contribution in [3.05, 3.63) is 59.7 Å². The van der Waals surface area contributed by atoms with E-state index in [2.05, 4.69) is 10.0 Å². The van der Waals surface area contributed by atoms with E-state index in [1.54, 1.807) is 18.2 Å². The van der Waals surface area contributed by atoms with Gasteiger partial charge >= 0.3 is 0 Å². The number of nitrogens with one attached hydrogen (secondary N) is 2. The predicted molar refractivity (Wildman–Crippen MR) is 105 cm³/mol. The van der Waals surface area contributed by atoms with E-state index in [9.17, 15) is 18.0 Å². The summed E-state index contributed by atoms with van der Waals surface area (Å²) in [4.78, 5) is 23.9. The van der Waals surface area contributed by atoms with Crippen molar-refractivity contribution in [1.29, 1.82) is 0 Å². The van der Waals surface area contributed by atoms with Gasteiger partial charge in [0, 0.05) is 18.7 Å². The van der Waals surface area contributed by atoms with Gasteiger partial charge in [-0.1, -0.05) is 24.3 Å². The van der Waals surface area contributed by atoms with E-state index in [1.807, 2.05) is 0 Å². The molecule has 1 heterocycles. The predicted octanol–water partition coefficient (Wildman–Crippen LogP) is 2.60. The summed E-state index contributed by atoms with van der Waals surface area (Å²) in [5.74, 6) is -0.522. The van der Waals surface area contributed by atoms with Crippen LogP contribution in [0.5, 0.6) is 0 Å². The normalized spacial score (nSPS) is 16.5. The second-order valence-electron chi connectivity index (χ2n) is 6.58. The lowest BCUT2D eigenvalue weighted by molar-refractivity contribution is 0.0858. The SMILES string of the molecule is CC(=O)c1ccc(S(=O)(=O)Nc2ccccc2C(=O)NC[C@H]2CCCO2)cc1. The Morgan fingerprint density at radius 3 is 2.46 bits per heavy atom. The average Bonchev–Trinajstić information content (AvgIpc) is 3.20. The molecule has 0 spiro atoms. The van der Waals surface area contributed by atoms with Crippen LogP contribution in [0.1, 0.15) is 40.5 Å². The molecule has 2 aromatic carbocycles. The summed E-state index contributed by atoms with van der Waals surface area (Å²) in [5, 5.41) is 2.79. The molecule has 1 amide bonds. The molecule has 7 nitrogen and oxygen atoms in total. The first kappa shape index (κ1) is 20.0. The first-order chi connectivity index (χ1) is 13.4. The van der Waals surface area contributed by atoms with Gasteiger partial charge in [-0.25, -0.2) is 8.42 Å². The molecule has 1 saturated heterocycles. The van der Waals surface area contributed by atoms with Gasteiger partial charge in [-0.15, -0.1) is 0 Å². The Balaban J connectivity index is 1.76. The number of ketones is 1. The molecule has 0 bridgehead atoms. The number of sulfonamides is 1. The molecule has 1 fully saturated rings. The summed E-state index contributed by atoms with van der Waals surface area (Å²) in [5.41, 5.74) is 0.834. The zero-order chi connectivity index (χ0) is 20.1. The third-order valence-electron chi connectivity index (χ3n) is 4.50. The Hall–Kier alpha value is -2.71. The minimum atomic E-state index is -3.91. The second kappa shape index (κ2) is 8.53. The van der Waals surface area contributed by atoms with Gasteiger partial charge in [0.05, 0.1) is 22.3 Å². The fourth-order valence-electron chi connectivity index (χ4n) is 2.95. The van der Waals surface area contributed by atoms with Crippen molar-refractivity contribution in [2.24, 2.45) is 0 Å². The zero-order valence-electron chi connectivity index (χ0n) is 15.5. The summed E-state index contributed by atoms with van der Waals surface area (Å²) in [6, 6.07) is 12.0. The quantitative estimate of drug-likeness (QED) is 0.693. The standard InChI is InChI=1S/C20H22N2O5S/c1-14(23)15-8-10-17(11-9-15)28(25,26)22-19-7-3-2-6-18(19)20(24)21-13-16-5-4-12-27-16/h2-3,6-11,16,22H,4-5,12-13H2,1H3,(H,21,24)/t16-/m1/s1. The van der Waals surface area contributed by atoms with Crippen molar-refractivity contribution in [3.8, 4) is 0 Å². The molecule has 28 heavy (non-hydrogen) atoms. The van der Waals surface area contributed by atoms with Crippen molar-refractivity contribution in [1.82, 2.24) is 5.32 Å². The number of hydrogen-bond acceptors (Lipinski definition) is 5. The summed E-state index contributed by atoms with van der Waals surface area (Å²) in [6.07, 6.45) is 1.86. The fourth-order valence-corrected chi connectivity index (χ4v) is 4.03. The molecular weight excluding hydrogens is 380 g/mol. The van der Waals surface area contributed by atoms with Gasteiger partial charge in [0.2, 0.25) is 0 Å². The lowest BCUT2D eigenvalue weighted by Crippen LogP contribution is -2.32. The zero-order valence-corrected chi connectivity index (χ0v) is 16.3. The van der Waals surface area contributed by atoms with Gasteiger partial charge in [0.25, 0.3) is 15.9 Å². The number of amides is 1. The summed E-state index contributed by atoms with van der Waals surface area (Å²) < 4.78 is 33.3. The summed E-state index contributed by atoms with van der Waals surface area (Å²) >= 11 is 0. The van der Waals surface area contributed by atoms with E-state index < -0.39 is 10.0 Å². The molecule has 8 heteroatoms. The Labute approximate surface area is 164 Å². The number of rotatable bonds is 7. The molecular formula is C20H22N2O5S. The van der Waals surface area contributed by atoms with Crippen LogP contribution in [-0.4, -0.2) is 39.4 Å². The fraction of sp³-hybridized carbons (Fsp3) is 0.300. The molecule has 0 saturated carbocycles. The van der Waals surface area contributed by atoms with Crippen molar-refractivity contribution in [2.75, 3.05) is 17.9 Å². The lowest BCUT2D eigenvalue weighted by atomic mass is 10.1. The highest BCUT2D eigenvalue weighted by Gasteiger charge is 2.21. The Kier molecular flexibility index (Phi) is 6.11. The van der Waals surface area contributed by atoms with Crippen molar-refractivity contribution in [2.45, 2.75) is 30.8 Å². The van der Waals surface area contributed by atoms with Crippen LogP contribution in [0, 0.1) is 0 Å². The van der Waals surface area contributed by atoms with Crippen LogP contribution in [0.3, 0.4) is 0 Å². The maximum Gasteiger partial charge on any atom is 0.261 e. The van der Waals surface area contributed by atoms with Crippen molar-refractivity contribution < 1.29 is 22.7 Å². The van der Waals surface area contributed by atoms with Gasteiger partial charge in [-0.2, -0.15) is 0 Å². The monoisotopic (exact) mass is 402 g/mol. The third-order valence-corrected chi connectivity index (χ3v) is 5.88. The Morgan fingerprint density at radius 2 is 1.82 bits per heavy atom. The van der Waals surface area contributed by atoms with Gasteiger partial charge in [0.15, 0.2) is 5.78 Å². The molecule has 0 aliphatic carbocycles. The third kappa shape index (κ3) is 4.76. The largest absolute Gasteiger partial charge is 0.376 e. The maximum atomic E-state index is 12.7. The highest BCUT2D eigenvalue weighted by molar-refractivity contribution is 7.92. The van der Waals surface area contributed by atoms with Gasteiger partial charge < -0.3 is 10.1 Å². The number of carbonyl (C=O) groups excluding carboxylic acids is 2. The highest BCUT2D eigenvalue weighted by Crippen LogP contribution is 2.21. The summed E-state index contributed by atoms with van der Waals surface area (Å²) in [6.45, 7) is 2.49. The molecule has 2 aromatic rings. The van der Waals surface area contributed by atoms with E-state index in [1.165, 1.54) is 37.3 Å². The number of ether oxygens (including phenoxy) is 1. The number of anilines is 1. The Morgan fingerprint density at radius 1 is 1.11 bits per heavy atom. The second-order valence-corrected chi connectivity index (χ2v) is 8.26. The topological polar surface area (TPSA) is 102 Å². The first-order valence-corrected chi connectivity index (χ1v) is 10.5. The highest BCUT2D eigenvalue weighted by atomic mass is 32.2. The molecule has 0 radical (unpaired) electrons. The van der Waals surface area contributed by atoms with Crippen LogP contribution < -0.4 is 10.0 Å². The molecule has 1 aliphatic heterocycles. The van der Waals surface area contributed by atoms with Crippen LogP contribution in [0.25, 0.3) is 0 Å². The number of para-hydroxylation sites is 1. The minimum Gasteiger partial charge on any atom is -0.376 e. The molecule has 2 N–H and O–H groups in total.